The van der Waals surface area contributed by atoms with Gasteiger partial charge in [0.25, 0.3) is 0 Å². The van der Waals surface area contributed by atoms with Gasteiger partial charge in [-0.25, -0.2) is 0 Å². The molecule has 0 aliphatic rings. The van der Waals surface area contributed by atoms with Crippen molar-refractivity contribution in [3.05, 3.63) is 42.7 Å². The number of para-hydroxylation sites is 1. The number of rotatable bonds is 12. The maximum absolute atomic E-state index is 6.09. The minimum atomic E-state index is 0.541. The van der Waals surface area contributed by atoms with E-state index in [1.807, 2.05) is 36.7 Å². The Labute approximate surface area is 158 Å². The summed E-state index contributed by atoms with van der Waals surface area (Å²) in [5.74, 6) is 2.29. The van der Waals surface area contributed by atoms with Crippen molar-refractivity contribution in [1.82, 2.24) is 4.98 Å². The SMILES string of the molecule is CCCCCCCOc1cnccc1-c1ccccc1OCC(C)CC. The van der Waals surface area contributed by atoms with Crippen LogP contribution in [0.3, 0.4) is 0 Å². The summed E-state index contributed by atoms with van der Waals surface area (Å²) in [5, 5.41) is 0. The van der Waals surface area contributed by atoms with E-state index in [-0.39, 0.29) is 0 Å². The molecule has 1 heterocycles. The van der Waals surface area contributed by atoms with Crippen LogP contribution in [0.15, 0.2) is 42.7 Å². The molecule has 2 aromatic rings. The van der Waals surface area contributed by atoms with Crippen molar-refractivity contribution >= 4 is 0 Å². The highest BCUT2D eigenvalue weighted by atomic mass is 16.5. The summed E-state index contributed by atoms with van der Waals surface area (Å²) in [6.45, 7) is 8.10. The summed E-state index contributed by atoms with van der Waals surface area (Å²) in [6.07, 6.45) is 10.9. The molecule has 1 atom stereocenters. The quantitative estimate of drug-likeness (QED) is 0.406. The van der Waals surface area contributed by atoms with E-state index in [4.69, 9.17) is 9.47 Å². The fraction of sp³-hybridized carbons (Fsp3) is 0.522. The molecule has 3 heteroatoms. The van der Waals surface area contributed by atoms with Gasteiger partial charge >= 0.3 is 0 Å². The molecule has 3 nitrogen and oxygen atoms in total. The standard InChI is InChI=1S/C23H33NO2/c1-4-6-7-8-11-16-25-23-17-24-15-14-21(23)20-12-9-10-13-22(20)26-18-19(3)5-2/h9-10,12-15,17,19H,4-8,11,16,18H2,1-3H3. The second-order valence-electron chi connectivity index (χ2n) is 6.96. The van der Waals surface area contributed by atoms with Gasteiger partial charge in [-0.2, -0.15) is 0 Å². The second-order valence-corrected chi connectivity index (χ2v) is 6.96. The van der Waals surface area contributed by atoms with E-state index in [9.17, 15) is 0 Å². The molecule has 142 valence electrons. The number of ether oxygens (including phenoxy) is 2. The first-order valence-corrected chi connectivity index (χ1v) is 10.0. The molecule has 0 radical (unpaired) electrons. The van der Waals surface area contributed by atoms with Crippen LogP contribution in [0.1, 0.15) is 59.3 Å². The Morgan fingerprint density at radius 2 is 1.65 bits per heavy atom. The van der Waals surface area contributed by atoms with E-state index in [0.29, 0.717) is 5.92 Å². The molecule has 26 heavy (non-hydrogen) atoms. The van der Waals surface area contributed by atoms with Crippen molar-refractivity contribution in [1.29, 1.82) is 0 Å². The van der Waals surface area contributed by atoms with Crippen LogP contribution in [0.2, 0.25) is 0 Å². The maximum atomic E-state index is 6.09. The van der Waals surface area contributed by atoms with E-state index in [1.165, 1.54) is 25.7 Å². The molecule has 1 unspecified atom stereocenters. The first-order chi connectivity index (χ1) is 12.8. The van der Waals surface area contributed by atoms with Gasteiger partial charge in [-0.3, -0.25) is 4.98 Å². The van der Waals surface area contributed by atoms with E-state index in [2.05, 4.69) is 31.8 Å². The Kier molecular flexibility index (Phi) is 9.02. The molecule has 2 rings (SSSR count). The van der Waals surface area contributed by atoms with Gasteiger partial charge in [0.05, 0.1) is 19.4 Å². The topological polar surface area (TPSA) is 31.4 Å². The zero-order valence-electron chi connectivity index (χ0n) is 16.5. The van der Waals surface area contributed by atoms with Crippen LogP contribution in [0, 0.1) is 5.92 Å². The number of unbranched alkanes of at least 4 members (excludes halogenated alkanes) is 4. The van der Waals surface area contributed by atoms with Crippen LogP contribution >= 0.6 is 0 Å². The minimum Gasteiger partial charge on any atom is -0.493 e. The van der Waals surface area contributed by atoms with Crippen molar-refractivity contribution in [3.8, 4) is 22.6 Å². The molecule has 1 aromatic heterocycles. The van der Waals surface area contributed by atoms with Crippen LogP contribution in [0.4, 0.5) is 0 Å². The molecule has 0 spiro atoms. The molecule has 0 fully saturated rings. The van der Waals surface area contributed by atoms with Crippen LogP contribution in [0.5, 0.6) is 11.5 Å². The number of pyridine rings is 1. The zero-order chi connectivity index (χ0) is 18.6. The molecule has 0 aliphatic carbocycles. The van der Waals surface area contributed by atoms with Crippen molar-refractivity contribution in [2.75, 3.05) is 13.2 Å². The highest BCUT2D eigenvalue weighted by Crippen LogP contribution is 2.36. The highest BCUT2D eigenvalue weighted by molar-refractivity contribution is 5.75. The number of nitrogens with zero attached hydrogens (tertiary/aromatic N) is 1. The smallest absolute Gasteiger partial charge is 0.145 e. The molecule has 1 aromatic carbocycles. The zero-order valence-corrected chi connectivity index (χ0v) is 16.5. The Balaban J connectivity index is 2.06. The summed E-state index contributed by atoms with van der Waals surface area (Å²) in [7, 11) is 0. The Hall–Kier alpha value is -2.03. The molecule has 0 saturated heterocycles. The van der Waals surface area contributed by atoms with Gasteiger partial charge in [0.15, 0.2) is 0 Å². The molecule has 0 aliphatic heterocycles. The molecule has 0 bridgehead atoms. The lowest BCUT2D eigenvalue weighted by Crippen LogP contribution is -2.08. The molecular weight excluding hydrogens is 322 g/mol. The summed E-state index contributed by atoms with van der Waals surface area (Å²) in [6, 6.07) is 10.2. The molecule has 0 saturated carbocycles. The molecule has 0 N–H and O–H groups in total. The fourth-order valence-electron chi connectivity index (χ4n) is 2.77. The minimum absolute atomic E-state index is 0.541. The predicted molar refractivity (Wildman–Crippen MR) is 109 cm³/mol. The third kappa shape index (κ3) is 6.36. The van der Waals surface area contributed by atoms with Crippen LogP contribution in [0.25, 0.3) is 11.1 Å². The van der Waals surface area contributed by atoms with Gasteiger partial charge in [0.2, 0.25) is 0 Å². The predicted octanol–water partition coefficient (Wildman–Crippen LogP) is 6.52. The van der Waals surface area contributed by atoms with Crippen molar-refractivity contribution in [2.45, 2.75) is 59.3 Å². The third-order valence-corrected chi connectivity index (χ3v) is 4.69. The van der Waals surface area contributed by atoms with Gasteiger partial charge < -0.3 is 9.47 Å². The van der Waals surface area contributed by atoms with Crippen LogP contribution < -0.4 is 9.47 Å². The number of aromatic nitrogens is 1. The van der Waals surface area contributed by atoms with Gasteiger partial charge in [0.1, 0.15) is 11.5 Å². The van der Waals surface area contributed by atoms with Crippen molar-refractivity contribution in [3.63, 3.8) is 0 Å². The lowest BCUT2D eigenvalue weighted by molar-refractivity contribution is 0.257. The number of benzene rings is 1. The normalized spacial score (nSPS) is 12.0. The van der Waals surface area contributed by atoms with Crippen LogP contribution in [-0.2, 0) is 0 Å². The fourth-order valence-corrected chi connectivity index (χ4v) is 2.77. The van der Waals surface area contributed by atoms with Gasteiger partial charge in [0, 0.05) is 17.3 Å². The average molecular weight is 356 g/mol. The Bertz CT molecular complexity index is 642. The number of hydrogen-bond acceptors (Lipinski definition) is 3. The largest absolute Gasteiger partial charge is 0.493 e. The Morgan fingerprint density at radius 3 is 2.46 bits per heavy atom. The summed E-state index contributed by atoms with van der Waals surface area (Å²) in [4.78, 5) is 4.25. The number of hydrogen-bond donors (Lipinski definition) is 0. The van der Waals surface area contributed by atoms with E-state index in [1.54, 1.807) is 0 Å². The van der Waals surface area contributed by atoms with Gasteiger partial charge in [-0.05, 0) is 24.5 Å². The van der Waals surface area contributed by atoms with E-state index in [0.717, 1.165) is 48.7 Å². The maximum Gasteiger partial charge on any atom is 0.145 e. The summed E-state index contributed by atoms with van der Waals surface area (Å²) >= 11 is 0. The monoisotopic (exact) mass is 355 g/mol. The first kappa shape index (κ1) is 20.3. The summed E-state index contributed by atoms with van der Waals surface area (Å²) < 4.78 is 12.1. The van der Waals surface area contributed by atoms with Crippen LogP contribution in [-0.4, -0.2) is 18.2 Å². The van der Waals surface area contributed by atoms with Crippen molar-refractivity contribution in [2.24, 2.45) is 5.92 Å². The molecule has 0 amide bonds. The molecular formula is C23H33NO2. The Morgan fingerprint density at radius 1 is 0.885 bits per heavy atom. The third-order valence-electron chi connectivity index (χ3n) is 4.69. The highest BCUT2D eigenvalue weighted by Gasteiger charge is 2.12. The first-order valence-electron chi connectivity index (χ1n) is 10.0. The lowest BCUT2D eigenvalue weighted by Gasteiger charge is -2.16. The van der Waals surface area contributed by atoms with E-state index < -0.39 is 0 Å². The second kappa shape index (κ2) is 11.6. The average Bonchev–Trinajstić information content (AvgIpc) is 2.69. The van der Waals surface area contributed by atoms with Gasteiger partial charge in [-0.15, -0.1) is 0 Å². The lowest BCUT2D eigenvalue weighted by atomic mass is 10.0. The van der Waals surface area contributed by atoms with E-state index >= 15 is 0 Å². The summed E-state index contributed by atoms with van der Waals surface area (Å²) in [5.41, 5.74) is 2.12. The van der Waals surface area contributed by atoms with Crippen molar-refractivity contribution < 1.29 is 9.47 Å². The van der Waals surface area contributed by atoms with Gasteiger partial charge in [-0.1, -0.05) is 71.1 Å².